The van der Waals surface area contributed by atoms with Gasteiger partial charge in [0.25, 0.3) is 0 Å². The SMILES string of the molecule is Cn1ncc(/C=C/C(=O)Nc2ccc(COP(=O)(O)O)cc2)c1-c1ccccc1. The quantitative estimate of drug-likeness (QED) is 0.404. The van der Waals surface area contributed by atoms with Gasteiger partial charge < -0.3 is 15.1 Å². The number of nitrogens with zero attached hydrogens (tertiary/aromatic N) is 2. The summed E-state index contributed by atoms with van der Waals surface area (Å²) in [5.74, 6) is -0.313. The number of anilines is 1. The number of hydrogen-bond acceptors (Lipinski definition) is 4. The first kappa shape index (κ1) is 20.7. The molecule has 3 rings (SSSR count). The highest BCUT2D eigenvalue weighted by atomic mass is 31.2. The fourth-order valence-corrected chi connectivity index (χ4v) is 3.04. The van der Waals surface area contributed by atoms with Crippen molar-refractivity contribution in [3.05, 3.63) is 78.0 Å². The van der Waals surface area contributed by atoms with E-state index in [1.54, 1.807) is 41.2 Å². The number of phosphoric acid groups is 1. The summed E-state index contributed by atoms with van der Waals surface area (Å²) in [6.07, 6.45) is 4.82. The molecule has 3 N–H and O–H groups in total. The largest absolute Gasteiger partial charge is 0.469 e. The summed E-state index contributed by atoms with van der Waals surface area (Å²) in [6, 6.07) is 16.3. The van der Waals surface area contributed by atoms with Crippen molar-refractivity contribution >= 4 is 25.5 Å². The minimum absolute atomic E-state index is 0.221. The van der Waals surface area contributed by atoms with E-state index in [1.165, 1.54) is 6.08 Å². The second kappa shape index (κ2) is 8.98. The van der Waals surface area contributed by atoms with Gasteiger partial charge in [-0.25, -0.2) is 4.57 Å². The second-order valence-corrected chi connectivity index (χ2v) is 7.46. The first-order chi connectivity index (χ1) is 13.8. The maximum absolute atomic E-state index is 12.2. The highest BCUT2D eigenvalue weighted by molar-refractivity contribution is 7.46. The normalized spacial score (nSPS) is 11.7. The molecule has 1 aromatic heterocycles. The molecule has 0 aliphatic carbocycles. The average molecular weight is 413 g/mol. The van der Waals surface area contributed by atoms with E-state index in [0.717, 1.165) is 16.8 Å². The zero-order valence-electron chi connectivity index (χ0n) is 15.6. The zero-order chi connectivity index (χ0) is 20.9. The smallest absolute Gasteiger partial charge is 0.323 e. The van der Waals surface area contributed by atoms with Crippen LogP contribution in [-0.2, 0) is 27.5 Å². The van der Waals surface area contributed by atoms with Crippen molar-refractivity contribution < 1.29 is 23.7 Å². The van der Waals surface area contributed by atoms with Gasteiger partial charge in [0.2, 0.25) is 5.91 Å². The lowest BCUT2D eigenvalue weighted by molar-refractivity contribution is -0.111. The molecule has 0 unspecified atom stereocenters. The van der Waals surface area contributed by atoms with Gasteiger partial charge in [-0.1, -0.05) is 42.5 Å². The van der Waals surface area contributed by atoms with Gasteiger partial charge in [0.15, 0.2) is 0 Å². The summed E-state index contributed by atoms with van der Waals surface area (Å²) in [6.45, 7) is -0.221. The van der Waals surface area contributed by atoms with Crippen LogP contribution in [0.4, 0.5) is 5.69 Å². The Morgan fingerprint density at radius 1 is 1.17 bits per heavy atom. The number of hydrogen-bond donors (Lipinski definition) is 3. The molecule has 0 aliphatic heterocycles. The fourth-order valence-electron chi connectivity index (χ4n) is 2.72. The van der Waals surface area contributed by atoms with Gasteiger partial charge in [0, 0.05) is 29.9 Å². The van der Waals surface area contributed by atoms with Crippen LogP contribution in [0.3, 0.4) is 0 Å². The molecule has 0 radical (unpaired) electrons. The summed E-state index contributed by atoms with van der Waals surface area (Å²) >= 11 is 0. The number of amides is 1. The number of aryl methyl sites for hydroxylation is 1. The van der Waals surface area contributed by atoms with Gasteiger partial charge in [-0.3, -0.25) is 14.0 Å². The molecule has 0 saturated carbocycles. The Balaban J connectivity index is 1.64. The van der Waals surface area contributed by atoms with Crippen LogP contribution in [0.2, 0.25) is 0 Å². The summed E-state index contributed by atoms with van der Waals surface area (Å²) in [4.78, 5) is 29.7. The highest BCUT2D eigenvalue weighted by Crippen LogP contribution is 2.36. The van der Waals surface area contributed by atoms with Gasteiger partial charge >= 0.3 is 7.82 Å². The molecular formula is C20H20N3O5P. The molecule has 1 heterocycles. The van der Waals surface area contributed by atoms with Crippen molar-refractivity contribution in [2.24, 2.45) is 7.05 Å². The van der Waals surface area contributed by atoms with Crippen molar-refractivity contribution in [1.82, 2.24) is 9.78 Å². The van der Waals surface area contributed by atoms with E-state index < -0.39 is 7.82 Å². The molecule has 0 aliphatic rings. The molecule has 3 aromatic rings. The number of nitrogens with one attached hydrogen (secondary N) is 1. The van der Waals surface area contributed by atoms with E-state index in [9.17, 15) is 9.36 Å². The summed E-state index contributed by atoms with van der Waals surface area (Å²) < 4.78 is 16.9. The van der Waals surface area contributed by atoms with Crippen molar-refractivity contribution in [2.75, 3.05) is 5.32 Å². The van der Waals surface area contributed by atoms with Crippen LogP contribution in [-0.4, -0.2) is 25.5 Å². The summed E-state index contributed by atoms with van der Waals surface area (Å²) in [5.41, 5.74) is 3.85. The van der Waals surface area contributed by atoms with Gasteiger partial charge in [-0.05, 0) is 23.8 Å². The topological polar surface area (TPSA) is 114 Å². The van der Waals surface area contributed by atoms with Crippen molar-refractivity contribution in [3.63, 3.8) is 0 Å². The monoisotopic (exact) mass is 413 g/mol. The lowest BCUT2D eigenvalue weighted by atomic mass is 10.1. The Morgan fingerprint density at radius 3 is 2.52 bits per heavy atom. The predicted octanol–water partition coefficient (Wildman–Crippen LogP) is 3.35. The van der Waals surface area contributed by atoms with Crippen LogP contribution in [0.15, 0.2) is 66.9 Å². The van der Waals surface area contributed by atoms with Crippen LogP contribution >= 0.6 is 7.82 Å². The van der Waals surface area contributed by atoms with Gasteiger partial charge in [-0.2, -0.15) is 5.10 Å². The predicted molar refractivity (Wildman–Crippen MR) is 110 cm³/mol. The number of carbonyl (C=O) groups excluding carboxylic acids is 1. The van der Waals surface area contributed by atoms with E-state index >= 15 is 0 Å². The van der Waals surface area contributed by atoms with Crippen LogP contribution < -0.4 is 5.32 Å². The van der Waals surface area contributed by atoms with E-state index in [1.807, 2.05) is 37.4 Å². The molecule has 0 spiro atoms. The van der Waals surface area contributed by atoms with E-state index in [-0.39, 0.29) is 12.5 Å². The Bertz CT molecular complexity index is 1060. The Kier molecular flexibility index (Phi) is 6.41. The molecule has 0 fully saturated rings. The lowest BCUT2D eigenvalue weighted by Gasteiger charge is -2.07. The van der Waals surface area contributed by atoms with E-state index in [0.29, 0.717) is 11.3 Å². The highest BCUT2D eigenvalue weighted by Gasteiger charge is 2.13. The van der Waals surface area contributed by atoms with Gasteiger partial charge in [-0.15, -0.1) is 0 Å². The lowest BCUT2D eigenvalue weighted by Crippen LogP contribution is -2.07. The van der Waals surface area contributed by atoms with Crippen molar-refractivity contribution in [1.29, 1.82) is 0 Å². The third kappa shape index (κ3) is 5.97. The minimum Gasteiger partial charge on any atom is -0.323 e. The molecule has 150 valence electrons. The molecule has 0 bridgehead atoms. The maximum atomic E-state index is 12.2. The second-order valence-electron chi connectivity index (χ2n) is 6.22. The molecule has 9 heteroatoms. The summed E-state index contributed by atoms with van der Waals surface area (Å²) in [5, 5.41) is 7.00. The van der Waals surface area contributed by atoms with Crippen LogP contribution in [0.25, 0.3) is 17.3 Å². The number of rotatable bonds is 7. The van der Waals surface area contributed by atoms with Crippen LogP contribution in [0.5, 0.6) is 0 Å². The van der Waals surface area contributed by atoms with Crippen molar-refractivity contribution in [2.45, 2.75) is 6.61 Å². The molecule has 29 heavy (non-hydrogen) atoms. The number of carbonyl (C=O) groups is 1. The fraction of sp³-hybridized carbons (Fsp3) is 0.100. The molecule has 8 nitrogen and oxygen atoms in total. The molecular weight excluding hydrogens is 393 g/mol. The number of benzene rings is 2. The standard InChI is InChI=1S/C20H20N3O5P/c1-23-20(16-5-3-2-4-6-16)17(13-21-23)9-12-19(24)22-18-10-7-15(8-11-18)14-28-29(25,26)27/h2-13H,14H2,1H3,(H,22,24)(H2,25,26,27)/b12-9+. The van der Waals surface area contributed by atoms with Crippen molar-refractivity contribution in [3.8, 4) is 11.3 Å². The minimum atomic E-state index is -4.51. The van der Waals surface area contributed by atoms with Gasteiger partial charge in [0.1, 0.15) is 0 Å². The van der Waals surface area contributed by atoms with Crippen LogP contribution in [0, 0.1) is 0 Å². The van der Waals surface area contributed by atoms with Crippen LogP contribution in [0.1, 0.15) is 11.1 Å². The molecule has 1 amide bonds. The third-order valence-electron chi connectivity index (χ3n) is 4.05. The van der Waals surface area contributed by atoms with E-state index in [2.05, 4.69) is 14.9 Å². The Labute approximate surface area is 167 Å². The first-order valence-electron chi connectivity index (χ1n) is 8.67. The first-order valence-corrected chi connectivity index (χ1v) is 10.2. The van der Waals surface area contributed by atoms with E-state index in [4.69, 9.17) is 9.79 Å². The maximum Gasteiger partial charge on any atom is 0.469 e. The molecule has 0 atom stereocenters. The Hall–Kier alpha value is -3.03. The molecule has 2 aromatic carbocycles. The molecule has 0 saturated heterocycles. The Morgan fingerprint density at radius 2 is 1.86 bits per heavy atom. The number of aromatic nitrogens is 2. The van der Waals surface area contributed by atoms with Gasteiger partial charge in [0.05, 0.1) is 18.5 Å². The zero-order valence-corrected chi connectivity index (χ0v) is 16.5. The average Bonchev–Trinajstić information content (AvgIpc) is 3.06. The number of phosphoric ester groups is 1. The third-order valence-corrected chi connectivity index (χ3v) is 4.51. The summed E-state index contributed by atoms with van der Waals surface area (Å²) in [7, 11) is -2.67.